The molecule has 146 valence electrons. The largest absolute Gasteiger partial charge is 0.339 e. The molecule has 3 unspecified atom stereocenters. The summed E-state index contributed by atoms with van der Waals surface area (Å²) in [5, 5.41) is 18.9. The Kier molecular flexibility index (Phi) is 4.05. The molecule has 0 N–H and O–H groups in total. The summed E-state index contributed by atoms with van der Waals surface area (Å²) < 4.78 is 0. The van der Waals surface area contributed by atoms with Gasteiger partial charge >= 0.3 is 0 Å². The Hall–Kier alpha value is -2.47. The third kappa shape index (κ3) is 1.99. The molecule has 6 heteroatoms. The standard InChI is InChI=1S/C22H27N5O/c1-5-14-8-6-7-11-27(14)19(28)22-10-9-21(4,20(22,2)3)17-18(22)26-16(13-24)15(12-23)25-17/h14H,5-11H2,1-4H3. The highest BCUT2D eigenvalue weighted by atomic mass is 16.2. The molecule has 2 bridgehead atoms. The molecular weight excluding hydrogens is 350 g/mol. The van der Waals surface area contributed by atoms with E-state index in [9.17, 15) is 15.3 Å². The van der Waals surface area contributed by atoms with Crippen LogP contribution in [0.5, 0.6) is 0 Å². The number of hydrogen-bond acceptors (Lipinski definition) is 5. The minimum Gasteiger partial charge on any atom is -0.339 e. The van der Waals surface area contributed by atoms with Gasteiger partial charge in [-0.1, -0.05) is 27.7 Å². The van der Waals surface area contributed by atoms with E-state index in [2.05, 4.69) is 42.6 Å². The van der Waals surface area contributed by atoms with Crippen molar-refractivity contribution in [3.8, 4) is 12.1 Å². The number of hydrogen-bond donors (Lipinski definition) is 0. The lowest BCUT2D eigenvalue weighted by molar-refractivity contribution is -0.145. The van der Waals surface area contributed by atoms with Gasteiger partial charge in [-0.2, -0.15) is 10.5 Å². The third-order valence-corrected chi connectivity index (χ3v) is 8.21. The number of carbonyl (C=O) groups is 1. The number of fused-ring (bicyclic) bond motifs is 5. The quantitative estimate of drug-likeness (QED) is 0.788. The molecule has 1 aromatic heterocycles. The summed E-state index contributed by atoms with van der Waals surface area (Å²) in [4.78, 5) is 25.4. The van der Waals surface area contributed by atoms with Gasteiger partial charge in [-0.15, -0.1) is 0 Å². The molecule has 2 fully saturated rings. The number of piperidine rings is 1. The maximum atomic E-state index is 14.1. The van der Waals surface area contributed by atoms with E-state index in [1.807, 2.05) is 12.1 Å². The van der Waals surface area contributed by atoms with Crippen LogP contribution in [0, 0.1) is 28.1 Å². The van der Waals surface area contributed by atoms with Gasteiger partial charge in [0.2, 0.25) is 5.91 Å². The van der Waals surface area contributed by atoms with E-state index in [0.717, 1.165) is 50.8 Å². The van der Waals surface area contributed by atoms with E-state index in [4.69, 9.17) is 0 Å². The lowest BCUT2D eigenvalue weighted by Crippen LogP contribution is -2.56. The molecule has 0 spiro atoms. The first-order chi connectivity index (χ1) is 13.3. The molecule has 1 amide bonds. The summed E-state index contributed by atoms with van der Waals surface area (Å²) in [6, 6.07) is 4.29. The summed E-state index contributed by atoms with van der Waals surface area (Å²) in [5.74, 6) is 0.148. The Labute approximate surface area is 166 Å². The first kappa shape index (κ1) is 18.9. The van der Waals surface area contributed by atoms with E-state index in [0.29, 0.717) is 5.69 Å². The first-order valence-corrected chi connectivity index (χ1v) is 10.3. The van der Waals surface area contributed by atoms with Crippen molar-refractivity contribution in [1.29, 1.82) is 10.5 Å². The van der Waals surface area contributed by atoms with Gasteiger partial charge < -0.3 is 4.90 Å². The predicted octanol–water partition coefficient (Wildman–Crippen LogP) is 3.34. The molecule has 2 heterocycles. The van der Waals surface area contributed by atoms with Crippen molar-refractivity contribution in [2.75, 3.05) is 6.54 Å². The van der Waals surface area contributed by atoms with Crippen molar-refractivity contribution in [3.63, 3.8) is 0 Å². The van der Waals surface area contributed by atoms with E-state index in [1.165, 1.54) is 0 Å². The normalized spacial score (nSPS) is 32.5. The smallest absolute Gasteiger partial charge is 0.235 e. The van der Waals surface area contributed by atoms with Gasteiger partial charge in [-0.05, 0) is 43.9 Å². The molecule has 4 rings (SSSR count). The summed E-state index contributed by atoms with van der Waals surface area (Å²) in [7, 11) is 0. The topological polar surface area (TPSA) is 93.7 Å². The van der Waals surface area contributed by atoms with Crippen molar-refractivity contribution in [1.82, 2.24) is 14.9 Å². The Balaban J connectivity index is 1.94. The molecule has 1 saturated carbocycles. The Bertz CT molecular complexity index is 939. The third-order valence-electron chi connectivity index (χ3n) is 8.21. The van der Waals surface area contributed by atoms with Crippen LogP contribution in [-0.4, -0.2) is 33.4 Å². The fraction of sp³-hybridized carbons (Fsp3) is 0.682. The van der Waals surface area contributed by atoms with Crippen LogP contribution in [0.25, 0.3) is 0 Å². The molecule has 28 heavy (non-hydrogen) atoms. The molecule has 0 aromatic carbocycles. The summed E-state index contributed by atoms with van der Waals surface area (Å²) in [5.41, 5.74) is 0.0146. The Morgan fingerprint density at radius 1 is 1.11 bits per heavy atom. The number of amides is 1. The van der Waals surface area contributed by atoms with Crippen LogP contribution in [0.1, 0.15) is 89.0 Å². The number of aromatic nitrogens is 2. The zero-order valence-corrected chi connectivity index (χ0v) is 17.2. The fourth-order valence-corrected chi connectivity index (χ4v) is 6.05. The molecule has 0 radical (unpaired) electrons. The maximum Gasteiger partial charge on any atom is 0.235 e. The van der Waals surface area contributed by atoms with Crippen LogP contribution in [-0.2, 0) is 15.6 Å². The summed E-state index contributed by atoms with van der Waals surface area (Å²) in [6.07, 6.45) is 5.76. The van der Waals surface area contributed by atoms with Gasteiger partial charge in [0.15, 0.2) is 11.4 Å². The van der Waals surface area contributed by atoms with Crippen molar-refractivity contribution in [2.45, 2.75) is 83.1 Å². The maximum absolute atomic E-state index is 14.1. The van der Waals surface area contributed by atoms with Crippen molar-refractivity contribution in [2.24, 2.45) is 5.41 Å². The van der Waals surface area contributed by atoms with Gasteiger partial charge in [0.05, 0.1) is 16.8 Å². The zero-order valence-electron chi connectivity index (χ0n) is 17.2. The van der Waals surface area contributed by atoms with Crippen LogP contribution in [0.15, 0.2) is 0 Å². The minimum absolute atomic E-state index is 0.0334. The second-order valence-electron chi connectivity index (χ2n) is 9.26. The molecule has 1 saturated heterocycles. The van der Waals surface area contributed by atoms with E-state index in [-0.39, 0.29) is 34.2 Å². The second kappa shape index (κ2) is 6.01. The van der Waals surface area contributed by atoms with Crippen molar-refractivity contribution >= 4 is 5.91 Å². The van der Waals surface area contributed by atoms with Gasteiger partial charge in [0.25, 0.3) is 0 Å². The van der Waals surface area contributed by atoms with E-state index >= 15 is 0 Å². The van der Waals surface area contributed by atoms with Gasteiger partial charge in [-0.25, -0.2) is 9.97 Å². The van der Waals surface area contributed by atoms with Crippen LogP contribution in [0.3, 0.4) is 0 Å². The fourth-order valence-electron chi connectivity index (χ4n) is 6.05. The Morgan fingerprint density at radius 2 is 1.75 bits per heavy atom. The highest BCUT2D eigenvalue weighted by molar-refractivity contribution is 5.92. The molecular formula is C22H27N5O. The van der Waals surface area contributed by atoms with Crippen LogP contribution < -0.4 is 0 Å². The van der Waals surface area contributed by atoms with E-state index in [1.54, 1.807) is 0 Å². The van der Waals surface area contributed by atoms with Crippen molar-refractivity contribution < 1.29 is 4.79 Å². The zero-order chi connectivity index (χ0) is 20.3. The number of nitriles is 2. The summed E-state index contributed by atoms with van der Waals surface area (Å²) in [6.45, 7) is 9.36. The number of nitrogens with zero attached hydrogens (tertiary/aromatic N) is 5. The van der Waals surface area contributed by atoms with Crippen LogP contribution in [0.4, 0.5) is 0 Å². The van der Waals surface area contributed by atoms with Gasteiger partial charge in [0.1, 0.15) is 12.1 Å². The van der Waals surface area contributed by atoms with Gasteiger partial charge in [0, 0.05) is 18.0 Å². The molecule has 2 aliphatic carbocycles. The molecule has 6 nitrogen and oxygen atoms in total. The lowest BCUT2D eigenvalue weighted by Gasteiger charge is -2.45. The van der Waals surface area contributed by atoms with E-state index < -0.39 is 5.41 Å². The summed E-state index contributed by atoms with van der Waals surface area (Å²) >= 11 is 0. The SMILES string of the molecule is CCC1CCCCN1C(=O)C12CCC(C)(c3nc(C#N)c(C#N)nc31)C2(C)C. The lowest BCUT2D eigenvalue weighted by atomic mass is 9.63. The minimum atomic E-state index is -0.769. The molecule has 3 aliphatic rings. The highest BCUT2D eigenvalue weighted by Gasteiger charge is 2.74. The number of carbonyl (C=O) groups excluding carboxylic acids is 1. The average molecular weight is 377 g/mol. The Morgan fingerprint density at radius 3 is 2.36 bits per heavy atom. The molecule has 1 aliphatic heterocycles. The predicted molar refractivity (Wildman–Crippen MR) is 103 cm³/mol. The first-order valence-electron chi connectivity index (χ1n) is 10.3. The van der Waals surface area contributed by atoms with Crippen LogP contribution >= 0.6 is 0 Å². The monoisotopic (exact) mass is 377 g/mol. The average Bonchev–Trinajstić information content (AvgIpc) is 3.01. The van der Waals surface area contributed by atoms with Gasteiger partial charge in [-0.3, -0.25) is 4.79 Å². The van der Waals surface area contributed by atoms with Crippen LogP contribution in [0.2, 0.25) is 0 Å². The molecule has 1 aromatic rings. The number of rotatable bonds is 2. The molecule has 3 atom stereocenters. The number of likely N-dealkylation sites (tertiary alicyclic amines) is 1. The highest BCUT2D eigenvalue weighted by Crippen LogP contribution is 2.70. The second-order valence-corrected chi connectivity index (χ2v) is 9.26. The van der Waals surface area contributed by atoms with Crippen molar-refractivity contribution in [3.05, 3.63) is 22.8 Å².